The fourth-order valence-electron chi connectivity index (χ4n) is 2.24. The van der Waals surface area contributed by atoms with Crippen molar-refractivity contribution in [2.75, 3.05) is 32.5 Å². The van der Waals surface area contributed by atoms with Crippen LogP contribution in [0.5, 0.6) is 5.75 Å². The summed E-state index contributed by atoms with van der Waals surface area (Å²) in [6.45, 7) is 1.80. The molecule has 138 valence electrons. The van der Waals surface area contributed by atoms with E-state index in [1.807, 2.05) is 49.3 Å². The molecule has 0 fully saturated rings. The second-order valence-electron chi connectivity index (χ2n) is 6.17. The number of nitrogens with one attached hydrogen (secondary N) is 2. The third-order valence-corrected chi connectivity index (χ3v) is 3.63. The Labute approximate surface area is 154 Å². The first kappa shape index (κ1) is 19.5. The molecule has 0 heterocycles. The van der Waals surface area contributed by atoms with Crippen molar-refractivity contribution in [3.05, 3.63) is 60.2 Å². The SMILES string of the molecule is CN(C)CCCNC(=O)C(=O)Nc1ccc(OCc2ccccc2)cc1. The number of rotatable bonds is 8. The Bertz CT molecular complexity index is 700. The number of carbonyl (C=O) groups excluding carboxylic acids is 2. The summed E-state index contributed by atoms with van der Waals surface area (Å²) in [6.07, 6.45) is 0.791. The lowest BCUT2D eigenvalue weighted by Crippen LogP contribution is -2.36. The minimum atomic E-state index is -0.673. The molecule has 0 aliphatic rings. The fraction of sp³-hybridized carbons (Fsp3) is 0.300. The lowest BCUT2D eigenvalue weighted by atomic mass is 10.2. The fourth-order valence-corrected chi connectivity index (χ4v) is 2.24. The van der Waals surface area contributed by atoms with Gasteiger partial charge in [0.25, 0.3) is 0 Å². The molecule has 0 aliphatic heterocycles. The molecule has 2 amide bonds. The van der Waals surface area contributed by atoms with Gasteiger partial charge >= 0.3 is 11.8 Å². The van der Waals surface area contributed by atoms with Crippen molar-refractivity contribution in [1.29, 1.82) is 0 Å². The van der Waals surface area contributed by atoms with Crippen molar-refractivity contribution in [1.82, 2.24) is 10.2 Å². The van der Waals surface area contributed by atoms with E-state index in [1.54, 1.807) is 24.3 Å². The van der Waals surface area contributed by atoms with Crippen molar-refractivity contribution in [3.63, 3.8) is 0 Å². The number of hydrogen-bond acceptors (Lipinski definition) is 4. The molecule has 26 heavy (non-hydrogen) atoms. The number of benzene rings is 2. The zero-order valence-electron chi connectivity index (χ0n) is 15.2. The highest BCUT2D eigenvalue weighted by Crippen LogP contribution is 2.17. The summed E-state index contributed by atoms with van der Waals surface area (Å²) < 4.78 is 5.69. The molecule has 0 saturated heterocycles. The van der Waals surface area contributed by atoms with Crippen molar-refractivity contribution in [3.8, 4) is 5.75 Å². The van der Waals surface area contributed by atoms with Crippen molar-refractivity contribution in [2.45, 2.75) is 13.0 Å². The monoisotopic (exact) mass is 355 g/mol. The highest BCUT2D eigenvalue weighted by Gasteiger charge is 2.12. The lowest BCUT2D eigenvalue weighted by Gasteiger charge is -2.10. The van der Waals surface area contributed by atoms with Crippen LogP contribution < -0.4 is 15.4 Å². The Kier molecular flexibility index (Phi) is 7.64. The first-order chi connectivity index (χ1) is 12.5. The number of amides is 2. The molecule has 0 aromatic heterocycles. The maximum absolute atomic E-state index is 11.9. The van der Waals surface area contributed by atoms with Crippen LogP contribution in [0, 0.1) is 0 Å². The van der Waals surface area contributed by atoms with Gasteiger partial charge in [-0.3, -0.25) is 9.59 Å². The van der Waals surface area contributed by atoms with Crippen molar-refractivity contribution < 1.29 is 14.3 Å². The van der Waals surface area contributed by atoms with Crippen molar-refractivity contribution in [2.24, 2.45) is 0 Å². The van der Waals surface area contributed by atoms with Gasteiger partial charge in [-0.25, -0.2) is 0 Å². The van der Waals surface area contributed by atoms with E-state index in [0.29, 0.717) is 24.6 Å². The standard InChI is InChI=1S/C20H25N3O3/c1-23(2)14-6-13-21-19(24)20(25)22-17-9-11-18(12-10-17)26-15-16-7-4-3-5-8-16/h3-5,7-12H,6,13-15H2,1-2H3,(H,21,24)(H,22,25). The molecule has 2 N–H and O–H groups in total. The van der Waals surface area contributed by atoms with E-state index in [2.05, 4.69) is 10.6 Å². The van der Waals surface area contributed by atoms with Gasteiger partial charge in [-0.1, -0.05) is 30.3 Å². The van der Waals surface area contributed by atoms with Crippen LogP contribution in [0.2, 0.25) is 0 Å². The van der Waals surface area contributed by atoms with Gasteiger partial charge < -0.3 is 20.3 Å². The van der Waals surface area contributed by atoms with Gasteiger partial charge in [-0.15, -0.1) is 0 Å². The first-order valence-electron chi connectivity index (χ1n) is 8.55. The van der Waals surface area contributed by atoms with Gasteiger partial charge in [0.15, 0.2) is 0 Å². The third kappa shape index (κ3) is 6.94. The Morgan fingerprint density at radius 2 is 1.65 bits per heavy atom. The minimum absolute atomic E-state index is 0.469. The van der Waals surface area contributed by atoms with Crippen LogP contribution in [-0.2, 0) is 16.2 Å². The van der Waals surface area contributed by atoms with E-state index in [4.69, 9.17) is 4.74 Å². The molecule has 0 bridgehead atoms. The molecule has 6 heteroatoms. The molecule has 0 aliphatic carbocycles. The van der Waals surface area contributed by atoms with Gasteiger partial charge in [0.2, 0.25) is 0 Å². The van der Waals surface area contributed by atoms with Gasteiger partial charge in [0.1, 0.15) is 12.4 Å². The predicted molar refractivity (Wildman–Crippen MR) is 102 cm³/mol. The number of nitrogens with zero attached hydrogens (tertiary/aromatic N) is 1. The molecule has 2 aromatic rings. The summed E-state index contributed by atoms with van der Waals surface area (Å²) in [5.41, 5.74) is 1.63. The summed E-state index contributed by atoms with van der Waals surface area (Å²) in [6, 6.07) is 16.8. The van der Waals surface area contributed by atoms with E-state index in [1.165, 1.54) is 0 Å². The molecular formula is C20H25N3O3. The van der Waals surface area contributed by atoms with Crippen LogP contribution in [0.1, 0.15) is 12.0 Å². The number of anilines is 1. The molecule has 2 aromatic carbocycles. The molecule has 2 rings (SSSR count). The molecular weight excluding hydrogens is 330 g/mol. The van der Waals surface area contributed by atoms with E-state index >= 15 is 0 Å². The van der Waals surface area contributed by atoms with Gasteiger partial charge in [-0.2, -0.15) is 0 Å². The van der Waals surface area contributed by atoms with Gasteiger partial charge in [-0.05, 0) is 56.9 Å². The van der Waals surface area contributed by atoms with E-state index in [9.17, 15) is 9.59 Å². The minimum Gasteiger partial charge on any atom is -0.489 e. The second kappa shape index (κ2) is 10.2. The van der Waals surface area contributed by atoms with Crippen LogP contribution in [-0.4, -0.2) is 43.9 Å². The summed E-state index contributed by atoms with van der Waals surface area (Å²) in [5, 5.41) is 5.18. The number of ether oxygens (including phenoxy) is 1. The number of hydrogen-bond donors (Lipinski definition) is 2. The average molecular weight is 355 g/mol. The maximum atomic E-state index is 11.9. The highest BCUT2D eigenvalue weighted by molar-refractivity contribution is 6.39. The van der Waals surface area contributed by atoms with Crippen LogP contribution in [0.15, 0.2) is 54.6 Å². The van der Waals surface area contributed by atoms with Crippen molar-refractivity contribution >= 4 is 17.5 Å². The first-order valence-corrected chi connectivity index (χ1v) is 8.55. The largest absolute Gasteiger partial charge is 0.489 e. The van der Waals surface area contributed by atoms with E-state index in [0.717, 1.165) is 18.5 Å². The second-order valence-corrected chi connectivity index (χ2v) is 6.17. The zero-order valence-corrected chi connectivity index (χ0v) is 15.2. The molecule has 0 saturated carbocycles. The maximum Gasteiger partial charge on any atom is 0.313 e. The Morgan fingerprint density at radius 3 is 2.31 bits per heavy atom. The Balaban J connectivity index is 1.75. The van der Waals surface area contributed by atoms with E-state index in [-0.39, 0.29) is 0 Å². The van der Waals surface area contributed by atoms with Gasteiger partial charge in [0, 0.05) is 12.2 Å². The third-order valence-electron chi connectivity index (χ3n) is 3.63. The van der Waals surface area contributed by atoms with Crippen LogP contribution >= 0.6 is 0 Å². The van der Waals surface area contributed by atoms with Crippen LogP contribution in [0.3, 0.4) is 0 Å². The van der Waals surface area contributed by atoms with Crippen LogP contribution in [0.25, 0.3) is 0 Å². The van der Waals surface area contributed by atoms with Gasteiger partial charge in [0.05, 0.1) is 0 Å². The van der Waals surface area contributed by atoms with Crippen LogP contribution in [0.4, 0.5) is 5.69 Å². The summed E-state index contributed by atoms with van der Waals surface area (Å²) >= 11 is 0. The summed E-state index contributed by atoms with van der Waals surface area (Å²) in [7, 11) is 3.92. The van der Waals surface area contributed by atoms with E-state index < -0.39 is 11.8 Å². The zero-order chi connectivity index (χ0) is 18.8. The molecule has 0 spiro atoms. The summed E-state index contributed by atoms with van der Waals surface area (Å²) in [5.74, 6) is -0.610. The number of carbonyl (C=O) groups is 2. The topological polar surface area (TPSA) is 70.7 Å². The Hall–Kier alpha value is -2.86. The quantitative estimate of drug-likeness (QED) is 0.563. The lowest BCUT2D eigenvalue weighted by molar-refractivity contribution is -0.136. The Morgan fingerprint density at radius 1 is 0.962 bits per heavy atom. The highest BCUT2D eigenvalue weighted by atomic mass is 16.5. The molecule has 0 radical (unpaired) electrons. The summed E-state index contributed by atoms with van der Waals surface area (Å²) in [4.78, 5) is 25.6. The average Bonchev–Trinajstić information content (AvgIpc) is 2.65. The molecule has 0 atom stereocenters. The normalized spacial score (nSPS) is 10.4. The molecule has 6 nitrogen and oxygen atoms in total. The smallest absolute Gasteiger partial charge is 0.313 e. The molecule has 0 unspecified atom stereocenters. The predicted octanol–water partition coefficient (Wildman–Crippen LogP) is 2.27.